The van der Waals surface area contributed by atoms with Crippen LogP contribution in [0.15, 0.2) is 35.7 Å². The fourth-order valence-electron chi connectivity index (χ4n) is 1.99. The van der Waals surface area contributed by atoms with Crippen LogP contribution in [0, 0.1) is 11.6 Å². The van der Waals surface area contributed by atoms with Crippen LogP contribution in [0.5, 0.6) is 0 Å². The summed E-state index contributed by atoms with van der Waals surface area (Å²) in [6, 6.07) is 5.48. The normalized spacial score (nSPS) is 11.9. The van der Waals surface area contributed by atoms with Gasteiger partial charge in [-0.25, -0.2) is 8.78 Å². The Morgan fingerprint density at radius 3 is 2.27 bits per heavy atom. The van der Waals surface area contributed by atoms with Crippen molar-refractivity contribution < 1.29 is 22.0 Å². The molecule has 0 radical (unpaired) electrons. The molecule has 2 nitrogen and oxygen atoms in total. The minimum atomic E-state index is -4.81. The Morgan fingerprint density at radius 2 is 1.73 bits per heavy atom. The van der Waals surface area contributed by atoms with Gasteiger partial charge in [-0.2, -0.15) is 18.3 Å². The van der Waals surface area contributed by atoms with E-state index in [2.05, 4.69) is 10.2 Å². The predicted octanol–water partition coefficient (Wildman–Crippen LogP) is 5.10. The quantitative estimate of drug-likeness (QED) is 0.651. The third-order valence-electron chi connectivity index (χ3n) is 2.99. The molecule has 2 heterocycles. The molecule has 8 heteroatoms. The highest BCUT2D eigenvalue weighted by Crippen LogP contribution is 2.35. The van der Waals surface area contributed by atoms with Crippen LogP contribution in [-0.2, 0) is 6.18 Å². The lowest BCUT2D eigenvalue weighted by atomic mass is 10.1. The van der Waals surface area contributed by atoms with E-state index in [0.29, 0.717) is 5.69 Å². The fraction of sp³-hybridized carbons (Fsp3) is 0.0714. The number of nitrogens with one attached hydrogen (secondary N) is 1. The number of H-pyrrole nitrogens is 1. The predicted molar refractivity (Wildman–Crippen MR) is 72.3 cm³/mol. The molecule has 0 amide bonds. The number of halogens is 5. The van der Waals surface area contributed by atoms with E-state index in [4.69, 9.17) is 0 Å². The summed E-state index contributed by atoms with van der Waals surface area (Å²) >= 11 is 1.39. The summed E-state index contributed by atoms with van der Waals surface area (Å²) in [4.78, 5) is 0.798. The largest absolute Gasteiger partial charge is 0.416 e. The Labute approximate surface area is 125 Å². The molecule has 0 atom stereocenters. The Bertz CT molecular complexity index is 782. The number of hydrogen-bond donors (Lipinski definition) is 1. The standard InChI is InChI=1S/C14H7F5N2S/c15-8-4-7(14(17,18)19)5-9(16)13(8)11-6-10(20-21-11)12-2-1-3-22-12/h1-6H,(H,20,21). The van der Waals surface area contributed by atoms with Crippen molar-refractivity contribution in [3.63, 3.8) is 0 Å². The molecule has 3 rings (SSSR count). The highest BCUT2D eigenvalue weighted by molar-refractivity contribution is 7.13. The zero-order valence-electron chi connectivity index (χ0n) is 10.7. The fourth-order valence-corrected chi connectivity index (χ4v) is 2.68. The van der Waals surface area contributed by atoms with Crippen LogP contribution in [0.3, 0.4) is 0 Å². The number of thiophene rings is 1. The van der Waals surface area contributed by atoms with Gasteiger partial charge in [-0.05, 0) is 29.6 Å². The maximum atomic E-state index is 13.9. The van der Waals surface area contributed by atoms with Crippen LogP contribution in [0.1, 0.15) is 5.56 Å². The monoisotopic (exact) mass is 330 g/mol. The van der Waals surface area contributed by atoms with Crippen molar-refractivity contribution in [2.24, 2.45) is 0 Å². The Balaban J connectivity index is 2.06. The second-order valence-corrected chi connectivity index (χ2v) is 5.40. The molecule has 0 saturated heterocycles. The highest BCUT2D eigenvalue weighted by Gasteiger charge is 2.33. The summed E-state index contributed by atoms with van der Waals surface area (Å²) in [5.41, 5.74) is -1.52. The Morgan fingerprint density at radius 1 is 1.05 bits per heavy atom. The number of nitrogens with zero attached hydrogens (tertiary/aromatic N) is 1. The van der Waals surface area contributed by atoms with E-state index in [1.54, 1.807) is 12.1 Å². The van der Waals surface area contributed by atoms with Crippen LogP contribution < -0.4 is 0 Å². The van der Waals surface area contributed by atoms with Gasteiger partial charge in [-0.3, -0.25) is 5.10 Å². The van der Waals surface area contributed by atoms with E-state index in [-0.39, 0.29) is 17.8 Å². The molecule has 0 aliphatic rings. The highest BCUT2D eigenvalue weighted by atomic mass is 32.1. The Kier molecular flexibility index (Phi) is 3.48. The van der Waals surface area contributed by atoms with E-state index >= 15 is 0 Å². The van der Waals surface area contributed by atoms with Crippen LogP contribution in [0.4, 0.5) is 22.0 Å². The van der Waals surface area contributed by atoms with Crippen LogP contribution in [0.25, 0.3) is 21.8 Å². The molecule has 3 aromatic rings. The number of aromatic amines is 1. The maximum absolute atomic E-state index is 13.9. The molecule has 1 N–H and O–H groups in total. The van der Waals surface area contributed by atoms with Gasteiger partial charge in [0.15, 0.2) is 0 Å². The first-order valence-corrected chi connectivity index (χ1v) is 6.90. The SMILES string of the molecule is Fc1cc(C(F)(F)F)cc(F)c1-c1cc(-c2cccs2)[nH]n1. The molecule has 0 aliphatic heterocycles. The first-order valence-electron chi connectivity index (χ1n) is 6.02. The van der Waals surface area contributed by atoms with Gasteiger partial charge in [0.05, 0.1) is 27.4 Å². The number of rotatable bonds is 2. The molecule has 0 aliphatic carbocycles. The molecule has 1 aromatic carbocycles. The number of benzene rings is 1. The van der Waals surface area contributed by atoms with E-state index in [0.717, 1.165) is 4.88 Å². The Hall–Kier alpha value is -2.22. The van der Waals surface area contributed by atoms with Gasteiger partial charge in [0.1, 0.15) is 11.6 Å². The summed E-state index contributed by atoms with van der Waals surface area (Å²) in [6.45, 7) is 0. The summed E-state index contributed by atoms with van der Waals surface area (Å²) in [7, 11) is 0. The molecule has 0 bridgehead atoms. The van der Waals surface area contributed by atoms with Gasteiger partial charge >= 0.3 is 6.18 Å². The molecule has 0 unspecified atom stereocenters. The molecule has 22 heavy (non-hydrogen) atoms. The van der Waals surface area contributed by atoms with Crippen molar-refractivity contribution in [1.82, 2.24) is 10.2 Å². The lowest BCUT2D eigenvalue weighted by molar-refractivity contribution is -0.137. The third kappa shape index (κ3) is 2.61. The maximum Gasteiger partial charge on any atom is 0.416 e. The van der Waals surface area contributed by atoms with Crippen molar-refractivity contribution in [2.75, 3.05) is 0 Å². The summed E-state index contributed by atoms with van der Waals surface area (Å²) < 4.78 is 65.3. The first-order chi connectivity index (χ1) is 10.4. The lowest BCUT2D eigenvalue weighted by Crippen LogP contribution is -2.07. The minimum Gasteiger partial charge on any atom is -0.276 e. The molecular weight excluding hydrogens is 323 g/mol. The first kappa shape index (κ1) is 14.7. The van der Waals surface area contributed by atoms with E-state index in [1.165, 1.54) is 17.4 Å². The number of alkyl halides is 3. The smallest absolute Gasteiger partial charge is 0.276 e. The van der Waals surface area contributed by atoms with Gasteiger partial charge in [-0.15, -0.1) is 11.3 Å². The van der Waals surface area contributed by atoms with Gasteiger partial charge in [0.2, 0.25) is 0 Å². The van der Waals surface area contributed by atoms with Gasteiger partial charge in [0.25, 0.3) is 0 Å². The second-order valence-electron chi connectivity index (χ2n) is 4.46. The zero-order valence-corrected chi connectivity index (χ0v) is 11.5. The average molecular weight is 330 g/mol. The van der Waals surface area contributed by atoms with Crippen LogP contribution in [0.2, 0.25) is 0 Å². The van der Waals surface area contributed by atoms with Crippen molar-refractivity contribution in [3.8, 4) is 21.8 Å². The molecule has 0 fully saturated rings. The number of aromatic nitrogens is 2. The molecular formula is C14H7F5N2S. The van der Waals surface area contributed by atoms with E-state index in [1.807, 2.05) is 5.38 Å². The van der Waals surface area contributed by atoms with Crippen molar-refractivity contribution in [3.05, 3.63) is 52.9 Å². The van der Waals surface area contributed by atoms with Crippen molar-refractivity contribution in [2.45, 2.75) is 6.18 Å². The molecule has 2 aromatic heterocycles. The lowest BCUT2D eigenvalue weighted by Gasteiger charge is -2.09. The number of hydrogen-bond acceptors (Lipinski definition) is 2. The van der Waals surface area contributed by atoms with Gasteiger partial charge in [0, 0.05) is 0 Å². The van der Waals surface area contributed by atoms with E-state index < -0.39 is 28.9 Å². The molecule has 0 spiro atoms. The van der Waals surface area contributed by atoms with E-state index in [9.17, 15) is 22.0 Å². The topological polar surface area (TPSA) is 28.7 Å². The van der Waals surface area contributed by atoms with Gasteiger partial charge in [-0.1, -0.05) is 6.07 Å². The van der Waals surface area contributed by atoms with Crippen LogP contribution in [-0.4, -0.2) is 10.2 Å². The van der Waals surface area contributed by atoms with Crippen molar-refractivity contribution >= 4 is 11.3 Å². The zero-order chi connectivity index (χ0) is 15.9. The molecule has 114 valence electrons. The summed E-state index contributed by atoms with van der Waals surface area (Å²) in [5.74, 6) is -2.62. The molecule has 0 saturated carbocycles. The van der Waals surface area contributed by atoms with Crippen LogP contribution >= 0.6 is 11.3 Å². The summed E-state index contributed by atoms with van der Waals surface area (Å²) in [5, 5.41) is 8.20. The summed E-state index contributed by atoms with van der Waals surface area (Å²) in [6.07, 6.45) is -4.81. The van der Waals surface area contributed by atoms with Crippen molar-refractivity contribution in [1.29, 1.82) is 0 Å². The van der Waals surface area contributed by atoms with Gasteiger partial charge < -0.3 is 0 Å². The average Bonchev–Trinajstić information content (AvgIpc) is 3.07. The minimum absolute atomic E-state index is 0.0906. The second kappa shape index (κ2) is 5.20. The third-order valence-corrected chi connectivity index (χ3v) is 3.89.